The predicted octanol–water partition coefficient (Wildman–Crippen LogP) is 3.24. The number of nitrogens with zero attached hydrogens (tertiary/aromatic N) is 3. The van der Waals surface area contributed by atoms with Crippen LogP contribution in [0.1, 0.15) is 15.9 Å². The molecule has 24 heavy (non-hydrogen) atoms. The Hall–Kier alpha value is -3.97. The number of carbonyl (C=O) groups excluding carboxylic acids is 1. The van der Waals surface area contributed by atoms with Crippen LogP contribution < -0.4 is 4.74 Å². The van der Waals surface area contributed by atoms with E-state index in [0.29, 0.717) is 5.56 Å². The number of ether oxygens (including phenoxy) is 1. The molecule has 0 amide bonds. The van der Waals surface area contributed by atoms with Crippen LogP contribution in [0.2, 0.25) is 0 Å². The number of rotatable bonds is 4. The van der Waals surface area contributed by atoms with Crippen LogP contribution in [0.4, 0.5) is 5.69 Å². The van der Waals surface area contributed by atoms with E-state index in [2.05, 4.69) is 0 Å². The highest BCUT2D eigenvalue weighted by Gasteiger charge is 2.20. The number of esters is 1. The minimum Gasteiger partial charge on any atom is -0.423 e. The van der Waals surface area contributed by atoms with Crippen molar-refractivity contribution < 1.29 is 14.5 Å². The van der Waals surface area contributed by atoms with Gasteiger partial charge in [-0.05, 0) is 29.8 Å². The summed E-state index contributed by atoms with van der Waals surface area (Å²) >= 11 is 0. The summed E-state index contributed by atoms with van der Waals surface area (Å²) in [5, 5.41) is 28.3. The standard InChI is InChI=1S/C17H9N3O4/c18-10-13(11-19)9-12-5-7-14(8-6-12)24-17(21)15-3-1-2-4-16(15)20(22)23/h1-9H. The maximum Gasteiger partial charge on any atom is 0.350 e. The lowest BCUT2D eigenvalue weighted by atomic mass is 10.1. The Morgan fingerprint density at radius 2 is 1.71 bits per heavy atom. The second-order valence-corrected chi connectivity index (χ2v) is 4.51. The van der Waals surface area contributed by atoms with Gasteiger partial charge in [0.2, 0.25) is 0 Å². The van der Waals surface area contributed by atoms with Crippen LogP contribution in [0.5, 0.6) is 5.75 Å². The molecule has 0 saturated heterocycles. The third-order valence-electron chi connectivity index (χ3n) is 2.96. The van der Waals surface area contributed by atoms with Gasteiger partial charge in [0, 0.05) is 6.07 Å². The number of nitro benzene ring substituents is 1. The molecule has 2 aromatic carbocycles. The fraction of sp³-hybridized carbons (Fsp3) is 0. The summed E-state index contributed by atoms with van der Waals surface area (Å²) in [6.45, 7) is 0. The number of hydrogen-bond acceptors (Lipinski definition) is 6. The number of allylic oxidation sites excluding steroid dienone is 1. The largest absolute Gasteiger partial charge is 0.423 e. The van der Waals surface area contributed by atoms with Crippen molar-refractivity contribution in [1.29, 1.82) is 10.5 Å². The molecule has 0 aliphatic carbocycles. The first-order valence-electron chi connectivity index (χ1n) is 6.62. The molecular formula is C17H9N3O4. The Labute approximate surface area is 136 Å². The van der Waals surface area contributed by atoms with Crippen molar-refractivity contribution in [2.24, 2.45) is 0 Å². The highest BCUT2D eigenvalue weighted by molar-refractivity contribution is 5.95. The highest BCUT2D eigenvalue weighted by atomic mass is 16.6. The smallest absolute Gasteiger partial charge is 0.350 e. The minimum absolute atomic E-state index is 0.0559. The number of nitriles is 2. The molecule has 0 N–H and O–H groups in total. The first-order chi connectivity index (χ1) is 11.5. The summed E-state index contributed by atoms with van der Waals surface area (Å²) in [6.07, 6.45) is 1.38. The Balaban J connectivity index is 2.20. The summed E-state index contributed by atoms with van der Waals surface area (Å²) in [5.41, 5.74) is 0.0377. The van der Waals surface area contributed by atoms with Crippen LogP contribution in [0.25, 0.3) is 6.08 Å². The van der Waals surface area contributed by atoms with Gasteiger partial charge in [0.05, 0.1) is 4.92 Å². The van der Waals surface area contributed by atoms with Gasteiger partial charge in [0.15, 0.2) is 0 Å². The molecule has 0 unspecified atom stereocenters. The molecule has 2 rings (SSSR count). The quantitative estimate of drug-likeness (QED) is 0.281. The van der Waals surface area contributed by atoms with Crippen LogP contribution in [0.3, 0.4) is 0 Å². The Morgan fingerprint density at radius 1 is 1.08 bits per heavy atom. The Kier molecular flexibility index (Phi) is 5.02. The number of carbonyl (C=O) groups is 1. The van der Waals surface area contributed by atoms with Gasteiger partial charge < -0.3 is 4.74 Å². The third kappa shape index (κ3) is 3.81. The molecule has 2 aromatic rings. The summed E-state index contributed by atoms with van der Waals surface area (Å²) in [4.78, 5) is 22.3. The van der Waals surface area contributed by atoms with E-state index < -0.39 is 10.9 Å². The average molecular weight is 319 g/mol. The SMILES string of the molecule is N#CC(C#N)=Cc1ccc(OC(=O)c2ccccc2[N+](=O)[O-])cc1. The molecule has 0 aliphatic heterocycles. The maximum absolute atomic E-state index is 12.1. The molecule has 0 spiro atoms. The van der Waals surface area contributed by atoms with Crippen molar-refractivity contribution >= 4 is 17.7 Å². The first kappa shape index (κ1) is 16.4. The molecule has 7 heteroatoms. The first-order valence-corrected chi connectivity index (χ1v) is 6.62. The lowest BCUT2D eigenvalue weighted by Crippen LogP contribution is -2.10. The lowest BCUT2D eigenvalue weighted by Gasteiger charge is -2.05. The molecule has 116 valence electrons. The van der Waals surface area contributed by atoms with E-state index in [-0.39, 0.29) is 22.6 Å². The van der Waals surface area contributed by atoms with Gasteiger partial charge in [-0.25, -0.2) is 4.79 Å². The lowest BCUT2D eigenvalue weighted by molar-refractivity contribution is -0.385. The molecule has 0 heterocycles. The number of hydrogen-bond donors (Lipinski definition) is 0. The molecule has 0 fully saturated rings. The zero-order chi connectivity index (χ0) is 17.5. The summed E-state index contributed by atoms with van der Waals surface area (Å²) in [6, 6.07) is 15.0. The van der Waals surface area contributed by atoms with E-state index in [1.165, 1.54) is 42.5 Å². The van der Waals surface area contributed by atoms with Crippen molar-refractivity contribution in [3.63, 3.8) is 0 Å². The van der Waals surface area contributed by atoms with Gasteiger partial charge in [-0.1, -0.05) is 24.3 Å². The van der Waals surface area contributed by atoms with Gasteiger partial charge in [0.25, 0.3) is 5.69 Å². The highest BCUT2D eigenvalue weighted by Crippen LogP contribution is 2.21. The van der Waals surface area contributed by atoms with E-state index in [1.807, 2.05) is 0 Å². The predicted molar refractivity (Wildman–Crippen MR) is 83.7 cm³/mol. The maximum atomic E-state index is 12.1. The van der Waals surface area contributed by atoms with Crippen LogP contribution in [-0.4, -0.2) is 10.9 Å². The molecule has 0 aromatic heterocycles. The molecule has 0 radical (unpaired) electrons. The number of benzene rings is 2. The second-order valence-electron chi connectivity index (χ2n) is 4.51. The third-order valence-corrected chi connectivity index (χ3v) is 2.96. The summed E-state index contributed by atoms with van der Waals surface area (Å²) < 4.78 is 5.11. The van der Waals surface area contributed by atoms with Crippen molar-refractivity contribution in [2.45, 2.75) is 0 Å². The summed E-state index contributed by atoms with van der Waals surface area (Å²) in [5.74, 6) is -0.661. The average Bonchev–Trinajstić information content (AvgIpc) is 2.61. The monoisotopic (exact) mass is 319 g/mol. The number of para-hydroxylation sites is 1. The van der Waals surface area contributed by atoms with Crippen molar-refractivity contribution in [3.05, 3.63) is 75.3 Å². The molecule has 0 atom stereocenters. The van der Waals surface area contributed by atoms with E-state index in [0.717, 1.165) is 0 Å². The second kappa shape index (κ2) is 7.34. The van der Waals surface area contributed by atoms with Crippen LogP contribution in [0, 0.1) is 32.8 Å². The zero-order valence-corrected chi connectivity index (χ0v) is 12.2. The van der Waals surface area contributed by atoms with E-state index in [9.17, 15) is 14.9 Å². The van der Waals surface area contributed by atoms with Gasteiger partial charge >= 0.3 is 5.97 Å². The van der Waals surface area contributed by atoms with Crippen LogP contribution >= 0.6 is 0 Å². The molecular weight excluding hydrogens is 310 g/mol. The topological polar surface area (TPSA) is 117 Å². The van der Waals surface area contributed by atoms with Crippen molar-refractivity contribution in [2.75, 3.05) is 0 Å². The Morgan fingerprint density at radius 3 is 2.29 bits per heavy atom. The fourth-order valence-corrected chi connectivity index (χ4v) is 1.86. The van der Waals surface area contributed by atoms with Crippen LogP contribution in [-0.2, 0) is 0 Å². The van der Waals surface area contributed by atoms with Gasteiger partial charge in [0.1, 0.15) is 29.0 Å². The van der Waals surface area contributed by atoms with Crippen molar-refractivity contribution in [1.82, 2.24) is 0 Å². The Bertz CT molecular complexity index is 887. The molecule has 0 saturated carbocycles. The normalized spacial score (nSPS) is 9.25. The van der Waals surface area contributed by atoms with E-state index >= 15 is 0 Å². The minimum atomic E-state index is -0.847. The van der Waals surface area contributed by atoms with Crippen molar-refractivity contribution in [3.8, 4) is 17.9 Å². The fourth-order valence-electron chi connectivity index (χ4n) is 1.86. The number of nitro groups is 1. The zero-order valence-electron chi connectivity index (χ0n) is 12.2. The van der Waals surface area contributed by atoms with E-state index in [1.54, 1.807) is 24.3 Å². The van der Waals surface area contributed by atoms with Gasteiger partial charge in [-0.2, -0.15) is 10.5 Å². The molecule has 0 bridgehead atoms. The molecule has 0 aliphatic rings. The molecule has 7 nitrogen and oxygen atoms in total. The van der Waals surface area contributed by atoms with E-state index in [4.69, 9.17) is 15.3 Å². The van der Waals surface area contributed by atoms with Gasteiger partial charge in [-0.15, -0.1) is 0 Å². The van der Waals surface area contributed by atoms with Crippen LogP contribution in [0.15, 0.2) is 54.1 Å². The summed E-state index contributed by atoms with van der Waals surface area (Å²) in [7, 11) is 0. The van der Waals surface area contributed by atoms with Gasteiger partial charge in [-0.3, -0.25) is 10.1 Å².